The molecule has 4 heteroatoms. The number of nitrogens with zero attached hydrogens (tertiary/aromatic N) is 3. The molecular formula is C13H18N4. The van der Waals surface area contributed by atoms with Crippen molar-refractivity contribution in [2.75, 3.05) is 18.0 Å². The Morgan fingerprint density at radius 2 is 2.12 bits per heavy atom. The van der Waals surface area contributed by atoms with E-state index in [1.165, 1.54) is 24.0 Å². The summed E-state index contributed by atoms with van der Waals surface area (Å²) in [7, 11) is 2.07. The predicted octanol–water partition coefficient (Wildman–Crippen LogP) is 1.63. The molecule has 2 aromatic heterocycles. The summed E-state index contributed by atoms with van der Waals surface area (Å²) in [5.41, 5.74) is 10.5. The first kappa shape index (κ1) is 10.6. The van der Waals surface area contributed by atoms with Gasteiger partial charge in [-0.25, -0.2) is 0 Å². The average molecular weight is 230 g/mol. The van der Waals surface area contributed by atoms with Crippen LogP contribution in [0.4, 0.5) is 5.69 Å². The number of aryl methyl sites for hydroxylation is 1. The Hall–Kier alpha value is -1.55. The second kappa shape index (κ2) is 4.04. The Morgan fingerprint density at radius 1 is 1.35 bits per heavy atom. The molecule has 0 radical (unpaired) electrons. The normalized spacial score (nSPS) is 16.0. The van der Waals surface area contributed by atoms with Crippen molar-refractivity contribution in [2.45, 2.75) is 19.4 Å². The summed E-state index contributed by atoms with van der Waals surface area (Å²) in [4.78, 5) is 6.93. The maximum Gasteiger partial charge on any atom is 0.0947 e. The van der Waals surface area contributed by atoms with Gasteiger partial charge in [0, 0.05) is 44.6 Å². The maximum atomic E-state index is 5.77. The highest BCUT2D eigenvalue weighted by Crippen LogP contribution is 2.30. The first-order valence-corrected chi connectivity index (χ1v) is 6.19. The lowest BCUT2D eigenvalue weighted by molar-refractivity contribution is 0.927. The molecule has 0 amide bonds. The zero-order valence-corrected chi connectivity index (χ0v) is 10.2. The summed E-state index contributed by atoms with van der Waals surface area (Å²) in [6.45, 7) is 2.86. The Kier molecular flexibility index (Phi) is 2.52. The lowest BCUT2D eigenvalue weighted by atomic mass is 10.2. The van der Waals surface area contributed by atoms with Crippen molar-refractivity contribution in [3.05, 3.63) is 24.0 Å². The first-order chi connectivity index (χ1) is 8.31. The van der Waals surface area contributed by atoms with Gasteiger partial charge in [0.15, 0.2) is 0 Å². The minimum Gasteiger partial charge on any atom is -0.370 e. The smallest absolute Gasteiger partial charge is 0.0947 e. The highest BCUT2D eigenvalue weighted by atomic mass is 15.2. The number of fused-ring (bicyclic) bond motifs is 1. The van der Waals surface area contributed by atoms with Crippen LogP contribution in [0.5, 0.6) is 0 Å². The van der Waals surface area contributed by atoms with Crippen LogP contribution in [0, 0.1) is 0 Å². The van der Waals surface area contributed by atoms with E-state index >= 15 is 0 Å². The van der Waals surface area contributed by atoms with E-state index in [0.29, 0.717) is 6.54 Å². The Balaban J connectivity index is 2.21. The van der Waals surface area contributed by atoms with Gasteiger partial charge in [-0.15, -0.1) is 0 Å². The molecule has 0 aliphatic carbocycles. The fraction of sp³-hybridized carbons (Fsp3) is 0.462. The van der Waals surface area contributed by atoms with Crippen LogP contribution in [0.3, 0.4) is 0 Å². The summed E-state index contributed by atoms with van der Waals surface area (Å²) < 4.78 is 2.15. The first-order valence-electron chi connectivity index (χ1n) is 6.19. The van der Waals surface area contributed by atoms with Crippen molar-refractivity contribution in [2.24, 2.45) is 12.8 Å². The Labute approximate surface area is 101 Å². The fourth-order valence-electron chi connectivity index (χ4n) is 2.75. The second-order valence-electron chi connectivity index (χ2n) is 4.69. The van der Waals surface area contributed by atoms with Crippen LogP contribution < -0.4 is 10.6 Å². The quantitative estimate of drug-likeness (QED) is 0.853. The third-order valence-corrected chi connectivity index (χ3v) is 3.58. The SMILES string of the molecule is Cn1cc(CN)c2nccc(N3CCCC3)c21. The van der Waals surface area contributed by atoms with Crippen LogP contribution in [0.2, 0.25) is 0 Å². The zero-order chi connectivity index (χ0) is 11.8. The molecule has 90 valence electrons. The van der Waals surface area contributed by atoms with Crippen LogP contribution >= 0.6 is 0 Å². The summed E-state index contributed by atoms with van der Waals surface area (Å²) in [6.07, 6.45) is 6.57. The van der Waals surface area contributed by atoms with Crippen LogP contribution in [0.15, 0.2) is 18.5 Å². The summed E-state index contributed by atoms with van der Waals surface area (Å²) in [5, 5.41) is 0. The van der Waals surface area contributed by atoms with Gasteiger partial charge in [-0.2, -0.15) is 0 Å². The standard InChI is InChI=1S/C13H18N4/c1-16-9-10(8-14)12-13(16)11(4-5-15-12)17-6-2-3-7-17/h4-5,9H,2-3,6-8,14H2,1H3. The molecule has 0 bridgehead atoms. The summed E-state index contributed by atoms with van der Waals surface area (Å²) in [5.74, 6) is 0. The molecule has 17 heavy (non-hydrogen) atoms. The van der Waals surface area contributed by atoms with E-state index in [9.17, 15) is 0 Å². The van der Waals surface area contributed by atoms with Gasteiger partial charge in [0.1, 0.15) is 0 Å². The van der Waals surface area contributed by atoms with E-state index in [1.807, 2.05) is 6.20 Å². The van der Waals surface area contributed by atoms with Crippen LogP contribution in [0.1, 0.15) is 18.4 Å². The van der Waals surface area contributed by atoms with Crippen molar-refractivity contribution in [3.63, 3.8) is 0 Å². The van der Waals surface area contributed by atoms with Gasteiger partial charge < -0.3 is 15.2 Å². The van der Waals surface area contributed by atoms with Crippen molar-refractivity contribution in [3.8, 4) is 0 Å². The minimum atomic E-state index is 0.549. The molecule has 1 aliphatic rings. The number of pyridine rings is 1. The van der Waals surface area contributed by atoms with Gasteiger partial charge in [0.25, 0.3) is 0 Å². The van der Waals surface area contributed by atoms with Gasteiger partial charge >= 0.3 is 0 Å². The average Bonchev–Trinajstić information content (AvgIpc) is 2.97. The van der Waals surface area contributed by atoms with Crippen LogP contribution in [-0.2, 0) is 13.6 Å². The van der Waals surface area contributed by atoms with E-state index in [4.69, 9.17) is 5.73 Å². The number of hydrogen-bond acceptors (Lipinski definition) is 3. The van der Waals surface area contributed by atoms with Gasteiger partial charge in [-0.05, 0) is 18.9 Å². The third-order valence-electron chi connectivity index (χ3n) is 3.58. The highest BCUT2D eigenvalue weighted by Gasteiger charge is 2.18. The molecule has 4 nitrogen and oxygen atoms in total. The van der Waals surface area contributed by atoms with Gasteiger partial charge in [-0.3, -0.25) is 4.98 Å². The van der Waals surface area contributed by atoms with Crippen LogP contribution in [-0.4, -0.2) is 22.6 Å². The van der Waals surface area contributed by atoms with E-state index in [0.717, 1.165) is 24.2 Å². The molecule has 3 rings (SSSR count). The maximum absolute atomic E-state index is 5.77. The van der Waals surface area contributed by atoms with Crippen molar-refractivity contribution in [1.29, 1.82) is 0 Å². The molecule has 3 heterocycles. The fourth-order valence-corrected chi connectivity index (χ4v) is 2.75. The lowest BCUT2D eigenvalue weighted by Gasteiger charge is -2.19. The molecule has 0 unspecified atom stereocenters. The molecular weight excluding hydrogens is 212 g/mol. The molecule has 0 atom stereocenters. The topological polar surface area (TPSA) is 47.1 Å². The number of rotatable bonds is 2. The van der Waals surface area contributed by atoms with Crippen molar-refractivity contribution < 1.29 is 0 Å². The zero-order valence-electron chi connectivity index (χ0n) is 10.2. The number of aromatic nitrogens is 2. The van der Waals surface area contributed by atoms with Crippen LogP contribution in [0.25, 0.3) is 11.0 Å². The second-order valence-corrected chi connectivity index (χ2v) is 4.69. The monoisotopic (exact) mass is 230 g/mol. The van der Waals surface area contributed by atoms with Crippen molar-refractivity contribution in [1.82, 2.24) is 9.55 Å². The van der Waals surface area contributed by atoms with E-state index in [-0.39, 0.29) is 0 Å². The van der Waals surface area contributed by atoms with E-state index < -0.39 is 0 Å². The molecule has 2 N–H and O–H groups in total. The Bertz CT molecular complexity index is 538. The molecule has 0 spiro atoms. The van der Waals surface area contributed by atoms with E-state index in [2.05, 4.69) is 33.8 Å². The molecule has 1 saturated heterocycles. The van der Waals surface area contributed by atoms with Gasteiger partial charge in [-0.1, -0.05) is 0 Å². The van der Waals surface area contributed by atoms with Gasteiger partial charge in [0.2, 0.25) is 0 Å². The molecule has 2 aromatic rings. The number of anilines is 1. The van der Waals surface area contributed by atoms with E-state index in [1.54, 1.807) is 0 Å². The van der Waals surface area contributed by atoms with Gasteiger partial charge in [0.05, 0.1) is 16.7 Å². The summed E-state index contributed by atoms with van der Waals surface area (Å²) in [6, 6.07) is 2.12. The Morgan fingerprint density at radius 3 is 2.82 bits per heavy atom. The minimum absolute atomic E-state index is 0.549. The largest absolute Gasteiger partial charge is 0.370 e. The number of nitrogens with two attached hydrogens (primary N) is 1. The molecule has 1 fully saturated rings. The van der Waals surface area contributed by atoms with Crippen molar-refractivity contribution >= 4 is 16.7 Å². The molecule has 1 aliphatic heterocycles. The summed E-state index contributed by atoms with van der Waals surface area (Å²) >= 11 is 0. The molecule has 0 aromatic carbocycles. The number of hydrogen-bond donors (Lipinski definition) is 1. The predicted molar refractivity (Wildman–Crippen MR) is 70.1 cm³/mol. The third kappa shape index (κ3) is 1.60. The highest BCUT2D eigenvalue weighted by molar-refractivity contribution is 5.91. The lowest BCUT2D eigenvalue weighted by Crippen LogP contribution is -2.18. The molecule has 0 saturated carbocycles.